The molecule has 2 aromatic rings. The third kappa shape index (κ3) is 4.48. The summed E-state index contributed by atoms with van der Waals surface area (Å²) in [7, 11) is 3.10. The lowest BCUT2D eigenvalue weighted by molar-refractivity contribution is 0.154. The lowest BCUT2D eigenvalue weighted by atomic mass is 10.1. The highest BCUT2D eigenvalue weighted by Crippen LogP contribution is 2.20. The normalized spacial score (nSPS) is 17.2. The number of hydrogen-bond donors (Lipinski definition) is 2. The lowest BCUT2D eigenvalue weighted by Crippen LogP contribution is -2.38. The number of hydrogen-bond acceptors (Lipinski definition) is 8. The quantitative estimate of drug-likeness (QED) is 0.813. The van der Waals surface area contributed by atoms with E-state index in [9.17, 15) is 5.11 Å². The SMILES string of the molecule is COc1cc(OC)nc(NCc2ccnc(N3CCCC(O)C3)c2)n1. The van der Waals surface area contributed by atoms with E-state index in [-0.39, 0.29) is 6.10 Å². The van der Waals surface area contributed by atoms with Gasteiger partial charge in [0.2, 0.25) is 17.7 Å². The molecule has 0 bridgehead atoms. The maximum Gasteiger partial charge on any atom is 0.229 e. The van der Waals surface area contributed by atoms with Crippen LogP contribution >= 0.6 is 0 Å². The molecule has 8 nitrogen and oxygen atoms in total. The van der Waals surface area contributed by atoms with Gasteiger partial charge in [-0.3, -0.25) is 0 Å². The largest absolute Gasteiger partial charge is 0.481 e. The van der Waals surface area contributed by atoms with Crippen LogP contribution in [0.15, 0.2) is 24.4 Å². The molecule has 1 aliphatic rings. The Balaban J connectivity index is 1.68. The number of aliphatic hydroxyl groups is 1. The smallest absolute Gasteiger partial charge is 0.229 e. The molecule has 0 aliphatic carbocycles. The van der Waals surface area contributed by atoms with Gasteiger partial charge in [0.15, 0.2) is 0 Å². The molecule has 0 amide bonds. The minimum atomic E-state index is -0.282. The van der Waals surface area contributed by atoms with Crippen LogP contribution < -0.4 is 19.7 Å². The summed E-state index contributed by atoms with van der Waals surface area (Å²) in [6.45, 7) is 2.08. The first-order chi connectivity index (χ1) is 12.2. The van der Waals surface area contributed by atoms with Crippen LogP contribution in [0.2, 0.25) is 0 Å². The van der Waals surface area contributed by atoms with Crippen molar-refractivity contribution in [1.29, 1.82) is 0 Å². The molecule has 1 atom stereocenters. The number of pyridine rings is 1. The molecular formula is C17H23N5O3. The summed E-state index contributed by atoms with van der Waals surface area (Å²) in [4.78, 5) is 15.0. The summed E-state index contributed by atoms with van der Waals surface area (Å²) in [5.41, 5.74) is 1.05. The van der Waals surface area contributed by atoms with Crippen molar-refractivity contribution in [1.82, 2.24) is 15.0 Å². The van der Waals surface area contributed by atoms with Crippen molar-refractivity contribution < 1.29 is 14.6 Å². The number of nitrogens with zero attached hydrogens (tertiary/aromatic N) is 4. The molecule has 3 rings (SSSR count). The zero-order valence-electron chi connectivity index (χ0n) is 14.5. The Morgan fingerprint density at radius 1 is 1.24 bits per heavy atom. The zero-order valence-corrected chi connectivity index (χ0v) is 14.5. The molecule has 25 heavy (non-hydrogen) atoms. The van der Waals surface area contributed by atoms with Crippen LogP contribution in [0.5, 0.6) is 11.8 Å². The van der Waals surface area contributed by atoms with E-state index in [1.54, 1.807) is 26.5 Å². The van der Waals surface area contributed by atoms with Gasteiger partial charge >= 0.3 is 0 Å². The second-order valence-corrected chi connectivity index (χ2v) is 5.89. The second kappa shape index (κ2) is 7.98. The Morgan fingerprint density at radius 3 is 2.68 bits per heavy atom. The van der Waals surface area contributed by atoms with Gasteiger partial charge in [-0.25, -0.2) is 4.98 Å². The number of aromatic nitrogens is 3. The molecule has 2 N–H and O–H groups in total. The van der Waals surface area contributed by atoms with Crippen LogP contribution in [0.4, 0.5) is 11.8 Å². The van der Waals surface area contributed by atoms with Crippen LogP contribution in [0.3, 0.4) is 0 Å². The van der Waals surface area contributed by atoms with Gasteiger partial charge in [0.05, 0.1) is 26.4 Å². The number of ether oxygens (including phenoxy) is 2. The molecule has 0 saturated carbocycles. The predicted octanol–water partition coefficient (Wildman–Crippen LogP) is 1.46. The molecule has 1 aliphatic heterocycles. The Kier molecular flexibility index (Phi) is 5.49. The summed E-state index contributed by atoms with van der Waals surface area (Å²) in [5, 5.41) is 13.0. The van der Waals surface area contributed by atoms with Crippen LogP contribution in [0.25, 0.3) is 0 Å². The predicted molar refractivity (Wildman–Crippen MR) is 94.2 cm³/mol. The van der Waals surface area contributed by atoms with E-state index in [1.165, 1.54) is 0 Å². The third-order valence-corrected chi connectivity index (χ3v) is 4.08. The first-order valence-corrected chi connectivity index (χ1v) is 8.27. The van der Waals surface area contributed by atoms with Crippen molar-refractivity contribution in [3.63, 3.8) is 0 Å². The number of rotatable bonds is 6. The fraction of sp³-hybridized carbons (Fsp3) is 0.471. The fourth-order valence-electron chi connectivity index (χ4n) is 2.78. The van der Waals surface area contributed by atoms with E-state index in [0.717, 1.165) is 30.8 Å². The number of methoxy groups -OCH3 is 2. The van der Waals surface area contributed by atoms with Crippen LogP contribution in [-0.4, -0.2) is 53.5 Å². The first-order valence-electron chi connectivity index (χ1n) is 8.27. The minimum Gasteiger partial charge on any atom is -0.481 e. The van der Waals surface area contributed by atoms with E-state index in [0.29, 0.717) is 30.8 Å². The molecule has 1 saturated heterocycles. The first kappa shape index (κ1) is 17.2. The fourth-order valence-corrected chi connectivity index (χ4v) is 2.78. The lowest BCUT2D eigenvalue weighted by Gasteiger charge is -2.31. The Bertz CT molecular complexity index is 690. The molecule has 2 aromatic heterocycles. The van der Waals surface area contributed by atoms with E-state index >= 15 is 0 Å². The molecule has 134 valence electrons. The number of aliphatic hydroxyl groups excluding tert-OH is 1. The average molecular weight is 345 g/mol. The molecule has 0 aromatic carbocycles. The molecule has 0 spiro atoms. The van der Waals surface area contributed by atoms with Crippen molar-refractivity contribution in [2.75, 3.05) is 37.5 Å². The number of piperidine rings is 1. The van der Waals surface area contributed by atoms with Crippen molar-refractivity contribution in [3.8, 4) is 11.8 Å². The summed E-state index contributed by atoms with van der Waals surface area (Å²) >= 11 is 0. The standard InChI is InChI=1S/C17H23N5O3/c1-24-15-9-16(25-2)21-17(20-15)19-10-12-5-6-18-14(8-12)22-7-3-4-13(23)11-22/h5-6,8-9,13,23H,3-4,7,10-11H2,1-2H3,(H,19,20,21). The highest BCUT2D eigenvalue weighted by Gasteiger charge is 2.18. The Morgan fingerprint density at radius 2 is 2.00 bits per heavy atom. The van der Waals surface area contributed by atoms with Gasteiger partial charge in [-0.1, -0.05) is 0 Å². The van der Waals surface area contributed by atoms with E-state index < -0.39 is 0 Å². The molecule has 0 radical (unpaired) electrons. The van der Waals surface area contributed by atoms with Crippen LogP contribution in [0, 0.1) is 0 Å². The molecule has 8 heteroatoms. The van der Waals surface area contributed by atoms with E-state index in [1.807, 2.05) is 12.1 Å². The van der Waals surface area contributed by atoms with Gasteiger partial charge in [0.1, 0.15) is 5.82 Å². The minimum absolute atomic E-state index is 0.282. The van der Waals surface area contributed by atoms with Crippen LogP contribution in [-0.2, 0) is 6.54 Å². The van der Waals surface area contributed by atoms with Gasteiger partial charge in [0, 0.05) is 25.8 Å². The second-order valence-electron chi connectivity index (χ2n) is 5.89. The van der Waals surface area contributed by atoms with Gasteiger partial charge in [0.25, 0.3) is 0 Å². The number of anilines is 2. The topological polar surface area (TPSA) is 92.6 Å². The van der Waals surface area contributed by atoms with E-state index in [2.05, 4.69) is 25.2 Å². The number of nitrogens with one attached hydrogen (secondary N) is 1. The summed E-state index contributed by atoms with van der Waals surface area (Å²) in [6.07, 6.45) is 3.32. The van der Waals surface area contributed by atoms with E-state index in [4.69, 9.17) is 9.47 Å². The number of β-amino-alcohol motifs (C(OH)–C–C–N with tert-alkyl or cyclic N) is 1. The van der Waals surface area contributed by atoms with Crippen molar-refractivity contribution in [3.05, 3.63) is 30.0 Å². The maximum absolute atomic E-state index is 9.84. The average Bonchev–Trinajstić information content (AvgIpc) is 2.66. The molecule has 3 heterocycles. The Labute approximate surface area is 146 Å². The summed E-state index contributed by atoms with van der Waals surface area (Å²) in [5.74, 6) is 2.18. The monoisotopic (exact) mass is 345 g/mol. The van der Waals surface area contributed by atoms with Gasteiger partial charge in [-0.05, 0) is 30.5 Å². The van der Waals surface area contributed by atoms with Crippen LogP contribution in [0.1, 0.15) is 18.4 Å². The van der Waals surface area contributed by atoms with Crippen molar-refractivity contribution in [2.24, 2.45) is 0 Å². The Hall–Kier alpha value is -2.61. The van der Waals surface area contributed by atoms with Gasteiger partial charge in [-0.2, -0.15) is 9.97 Å². The summed E-state index contributed by atoms with van der Waals surface area (Å²) < 4.78 is 10.3. The van der Waals surface area contributed by atoms with Crippen molar-refractivity contribution >= 4 is 11.8 Å². The molecule has 1 fully saturated rings. The third-order valence-electron chi connectivity index (χ3n) is 4.08. The highest BCUT2D eigenvalue weighted by atomic mass is 16.5. The maximum atomic E-state index is 9.84. The van der Waals surface area contributed by atoms with Gasteiger partial charge < -0.3 is 24.8 Å². The van der Waals surface area contributed by atoms with Crippen molar-refractivity contribution in [2.45, 2.75) is 25.5 Å². The van der Waals surface area contributed by atoms with Gasteiger partial charge in [-0.15, -0.1) is 0 Å². The highest BCUT2D eigenvalue weighted by molar-refractivity contribution is 5.43. The zero-order chi connectivity index (χ0) is 17.6. The summed E-state index contributed by atoms with van der Waals surface area (Å²) in [6, 6.07) is 5.58. The molecule has 1 unspecified atom stereocenters. The molecular weight excluding hydrogens is 322 g/mol.